The molecule has 0 aliphatic heterocycles. The van der Waals surface area contributed by atoms with Crippen LogP contribution >= 0.6 is 0 Å². The molecule has 0 radical (unpaired) electrons. The second-order valence-corrected chi connectivity index (χ2v) is 2.39. The van der Waals surface area contributed by atoms with Crippen molar-refractivity contribution in [1.29, 1.82) is 0 Å². The van der Waals surface area contributed by atoms with Crippen molar-refractivity contribution >= 4 is 12.6 Å². The second kappa shape index (κ2) is 7.19. The smallest absolute Gasteiger partial charge is 0.145 e. The van der Waals surface area contributed by atoms with E-state index in [0.717, 1.165) is 31.0 Å². The number of hydrogen-bond donors (Lipinski definition) is 0. The Morgan fingerprint density at radius 3 is 2.45 bits per heavy atom. The van der Waals surface area contributed by atoms with Crippen LogP contribution in [0, 0.1) is 0 Å². The summed E-state index contributed by atoms with van der Waals surface area (Å²) < 4.78 is 0. The highest BCUT2D eigenvalue weighted by Gasteiger charge is 1.92. The minimum atomic E-state index is 0.453. The van der Waals surface area contributed by atoms with E-state index in [9.17, 15) is 9.59 Å². The van der Waals surface area contributed by atoms with Crippen molar-refractivity contribution in [2.75, 3.05) is 0 Å². The molecule has 0 rings (SSSR count). The van der Waals surface area contributed by atoms with Crippen LogP contribution in [0.25, 0.3) is 0 Å². The normalized spacial score (nSPS) is 11.2. The minimum Gasteiger partial charge on any atom is -0.303 e. The highest BCUT2D eigenvalue weighted by molar-refractivity contribution is 5.73. The van der Waals surface area contributed by atoms with E-state index < -0.39 is 0 Å². The molecule has 0 fully saturated rings. The molecule has 0 aliphatic rings. The molecular formula is C9H14O2. The topological polar surface area (TPSA) is 34.1 Å². The summed E-state index contributed by atoms with van der Waals surface area (Å²) in [4.78, 5) is 20.3. The van der Waals surface area contributed by atoms with Gasteiger partial charge in [0.25, 0.3) is 0 Å². The maximum absolute atomic E-state index is 10.3. The van der Waals surface area contributed by atoms with Crippen LogP contribution in [0.3, 0.4) is 0 Å². The summed E-state index contributed by atoms with van der Waals surface area (Å²) in [5.41, 5.74) is 0.749. The van der Waals surface area contributed by atoms with Gasteiger partial charge in [-0.15, -0.1) is 0 Å². The Morgan fingerprint density at radius 1 is 1.27 bits per heavy atom. The van der Waals surface area contributed by atoms with Gasteiger partial charge in [-0.25, -0.2) is 0 Å². The summed E-state index contributed by atoms with van der Waals surface area (Å²) in [6.07, 6.45) is 6.57. The van der Waals surface area contributed by atoms with Gasteiger partial charge in [-0.1, -0.05) is 19.4 Å². The van der Waals surface area contributed by atoms with Gasteiger partial charge in [-0.05, 0) is 18.4 Å². The summed E-state index contributed by atoms with van der Waals surface area (Å²) in [6.45, 7) is 2.05. The Hall–Kier alpha value is -0.920. The molecule has 0 aliphatic carbocycles. The lowest BCUT2D eigenvalue weighted by atomic mass is 10.1. The summed E-state index contributed by atoms with van der Waals surface area (Å²) in [6, 6.07) is 0. The molecule has 0 aromatic carbocycles. The Kier molecular flexibility index (Phi) is 6.59. The van der Waals surface area contributed by atoms with Gasteiger partial charge in [0.05, 0.1) is 0 Å². The van der Waals surface area contributed by atoms with Crippen LogP contribution in [0.1, 0.15) is 32.6 Å². The first-order valence-corrected chi connectivity index (χ1v) is 3.93. The SMILES string of the molecule is CCC/C=C(\C=O)CCC=O. The van der Waals surface area contributed by atoms with E-state index in [1.807, 2.05) is 6.08 Å². The predicted molar refractivity (Wildman–Crippen MR) is 44.4 cm³/mol. The molecular weight excluding hydrogens is 140 g/mol. The zero-order chi connectivity index (χ0) is 8.53. The Labute approximate surface area is 67.3 Å². The third-order valence-electron chi connectivity index (χ3n) is 1.40. The Balaban J connectivity index is 3.72. The summed E-state index contributed by atoms with van der Waals surface area (Å²) in [7, 11) is 0. The molecule has 62 valence electrons. The van der Waals surface area contributed by atoms with Crippen molar-refractivity contribution in [3.8, 4) is 0 Å². The zero-order valence-electron chi connectivity index (χ0n) is 6.88. The summed E-state index contributed by atoms with van der Waals surface area (Å²) in [5.74, 6) is 0. The van der Waals surface area contributed by atoms with Crippen LogP contribution in [0.15, 0.2) is 11.6 Å². The van der Waals surface area contributed by atoms with Crippen molar-refractivity contribution < 1.29 is 9.59 Å². The van der Waals surface area contributed by atoms with Gasteiger partial charge in [0.15, 0.2) is 0 Å². The molecule has 0 unspecified atom stereocenters. The van der Waals surface area contributed by atoms with E-state index in [-0.39, 0.29) is 0 Å². The highest BCUT2D eigenvalue weighted by atomic mass is 16.1. The van der Waals surface area contributed by atoms with Crippen LogP contribution in [0.5, 0.6) is 0 Å². The lowest BCUT2D eigenvalue weighted by molar-refractivity contribution is -0.107. The molecule has 2 heteroatoms. The number of allylic oxidation sites excluding steroid dienone is 2. The first kappa shape index (κ1) is 10.1. The molecule has 0 atom stereocenters. The number of carbonyl (C=O) groups excluding carboxylic acids is 2. The van der Waals surface area contributed by atoms with E-state index in [2.05, 4.69) is 6.92 Å². The maximum atomic E-state index is 10.3. The standard InChI is InChI=1S/C9H14O2/c1-2-3-5-9(8-11)6-4-7-10/h5,7-8H,2-4,6H2,1H3/b9-5-. The fourth-order valence-corrected chi connectivity index (χ4v) is 0.764. The number of unbranched alkanes of at least 4 members (excludes halogenated alkanes) is 1. The van der Waals surface area contributed by atoms with Gasteiger partial charge in [0.2, 0.25) is 0 Å². The highest BCUT2D eigenvalue weighted by Crippen LogP contribution is 2.02. The van der Waals surface area contributed by atoms with Crippen molar-refractivity contribution in [2.24, 2.45) is 0 Å². The monoisotopic (exact) mass is 154 g/mol. The maximum Gasteiger partial charge on any atom is 0.145 e. The fraction of sp³-hybridized carbons (Fsp3) is 0.556. The molecule has 0 saturated heterocycles. The lowest BCUT2D eigenvalue weighted by Crippen LogP contribution is -1.86. The quantitative estimate of drug-likeness (QED) is 0.432. The molecule has 0 spiro atoms. The third-order valence-corrected chi connectivity index (χ3v) is 1.40. The Morgan fingerprint density at radius 2 is 2.00 bits per heavy atom. The van der Waals surface area contributed by atoms with Gasteiger partial charge < -0.3 is 4.79 Å². The molecule has 2 nitrogen and oxygen atoms in total. The second-order valence-electron chi connectivity index (χ2n) is 2.39. The Bertz CT molecular complexity index is 148. The van der Waals surface area contributed by atoms with E-state index in [0.29, 0.717) is 12.8 Å². The van der Waals surface area contributed by atoms with E-state index in [4.69, 9.17) is 0 Å². The van der Waals surface area contributed by atoms with Crippen LogP contribution in [-0.2, 0) is 9.59 Å². The van der Waals surface area contributed by atoms with Crippen molar-refractivity contribution in [3.05, 3.63) is 11.6 Å². The average Bonchev–Trinajstić information content (AvgIpc) is 2.05. The molecule has 0 aromatic heterocycles. The molecule has 0 heterocycles. The number of aldehydes is 2. The van der Waals surface area contributed by atoms with Crippen molar-refractivity contribution in [3.63, 3.8) is 0 Å². The van der Waals surface area contributed by atoms with Crippen molar-refractivity contribution in [2.45, 2.75) is 32.6 Å². The number of rotatable bonds is 6. The van der Waals surface area contributed by atoms with E-state index >= 15 is 0 Å². The van der Waals surface area contributed by atoms with Gasteiger partial charge in [0.1, 0.15) is 12.6 Å². The number of hydrogen-bond acceptors (Lipinski definition) is 2. The molecule has 0 amide bonds. The lowest BCUT2D eigenvalue weighted by Gasteiger charge is -1.93. The van der Waals surface area contributed by atoms with E-state index in [1.165, 1.54) is 0 Å². The third kappa shape index (κ3) is 5.52. The predicted octanol–water partition coefficient (Wildman–Crippen LogP) is 1.89. The summed E-state index contributed by atoms with van der Waals surface area (Å²) >= 11 is 0. The van der Waals surface area contributed by atoms with Gasteiger partial charge in [-0.2, -0.15) is 0 Å². The molecule has 0 aromatic rings. The molecule has 0 saturated carbocycles. The van der Waals surface area contributed by atoms with Crippen LogP contribution in [0.2, 0.25) is 0 Å². The van der Waals surface area contributed by atoms with E-state index in [1.54, 1.807) is 0 Å². The number of carbonyl (C=O) groups is 2. The molecule has 11 heavy (non-hydrogen) atoms. The van der Waals surface area contributed by atoms with Crippen LogP contribution < -0.4 is 0 Å². The van der Waals surface area contributed by atoms with Crippen molar-refractivity contribution in [1.82, 2.24) is 0 Å². The van der Waals surface area contributed by atoms with Gasteiger partial charge in [0, 0.05) is 6.42 Å². The first-order chi connectivity index (χ1) is 5.35. The van der Waals surface area contributed by atoms with Crippen LogP contribution in [-0.4, -0.2) is 12.6 Å². The van der Waals surface area contributed by atoms with Crippen LogP contribution in [0.4, 0.5) is 0 Å². The van der Waals surface area contributed by atoms with Gasteiger partial charge >= 0.3 is 0 Å². The van der Waals surface area contributed by atoms with Gasteiger partial charge in [-0.3, -0.25) is 4.79 Å². The molecule has 0 N–H and O–H groups in total. The zero-order valence-corrected chi connectivity index (χ0v) is 6.88. The largest absolute Gasteiger partial charge is 0.303 e. The summed E-state index contributed by atoms with van der Waals surface area (Å²) in [5, 5.41) is 0. The minimum absolute atomic E-state index is 0.453. The molecule has 0 bridgehead atoms. The average molecular weight is 154 g/mol. The fourth-order valence-electron chi connectivity index (χ4n) is 0.764. The first-order valence-electron chi connectivity index (χ1n) is 3.93.